The summed E-state index contributed by atoms with van der Waals surface area (Å²) >= 11 is 0. The van der Waals surface area contributed by atoms with Crippen LogP contribution in [0, 0.1) is 0 Å². The number of sulfonamides is 1. The minimum absolute atomic E-state index is 0.0671. The largest absolute Gasteiger partial charge is 0.495 e. The predicted molar refractivity (Wildman–Crippen MR) is 126 cm³/mol. The van der Waals surface area contributed by atoms with Crippen LogP contribution in [0.1, 0.15) is 29.3 Å². The van der Waals surface area contributed by atoms with Crippen molar-refractivity contribution in [3.05, 3.63) is 83.9 Å². The van der Waals surface area contributed by atoms with E-state index in [9.17, 15) is 13.2 Å². The number of methoxy groups -OCH3 is 1. The summed E-state index contributed by atoms with van der Waals surface area (Å²) in [5, 5.41) is 0. The lowest BCUT2D eigenvalue weighted by Crippen LogP contribution is -2.42. The van der Waals surface area contributed by atoms with Gasteiger partial charge in [-0.05, 0) is 67.8 Å². The van der Waals surface area contributed by atoms with Crippen LogP contribution < -0.4 is 13.9 Å². The van der Waals surface area contributed by atoms with Crippen LogP contribution in [0.25, 0.3) is 0 Å². The first-order chi connectivity index (χ1) is 15.3. The Bertz CT molecular complexity index is 1240. The molecule has 0 spiro atoms. The van der Waals surface area contributed by atoms with Crippen LogP contribution in [0.5, 0.6) is 5.75 Å². The van der Waals surface area contributed by atoms with Crippen molar-refractivity contribution in [3.8, 4) is 5.75 Å². The van der Waals surface area contributed by atoms with Crippen LogP contribution in [0.3, 0.4) is 0 Å². The molecule has 3 aromatic rings. The molecule has 7 heteroatoms. The monoisotopic (exact) mass is 450 g/mol. The van der Waals surface area contributed by atoms with Crippen molar-refractivity contribution in [2.45, 2.75) is 30.7 Å². The van der Waals surface area contributed by atoms with Crippen LogP contribution in [0.2, 0.25) is 0 Å². The van der Waals surface area contributed by atoms with E-state index in [1.807, 2.05) is 36.1 Å². The molecule has 0 aliphatic carbocycles. The Balaban J connectivity index is 1.63. The summed E-state index contributed by atoms with van der Waals surface area (Å²) in [4.78, 5) is 15.2. The number of amides is 1. The quantitative estimate of drug-likeness (QED) is 0.574. The molecule has 6 nitrogen and oxygen atoms in total. The SMILES string of the molecule is COc1ccccc1N(C)S(=O)(=O)c1ccc(C(=O)N2c3ccccc3CCC2C)cc1. The van der Waals surface area contributed by atoms with Gasteiger partial charge >= 0.3 is 0 Å². The van der Waals surface area contributed by atoms with Crippen LogP contribution in [-0.4, -0.2) is 34.5 Å². The number of anilines is 2. The zero-order valence-electron chi connectivity index (χ0n) is 18.4. The Hall–Kier alpha value is -3.32. The highest BCUT2D eigenvalue weighted by Crippen LogP contribution is 2.33. The Morgan fingerprint density at radius 3 is 2.38 bits per heavy atom. The number of nitrogens with zero attached hydrogens (tertiary/aromatic N) is 2. The van der Waals surface area contributed by atoms with Gasteiger partial charge in [0.1, 0.15) is 5.75 Å². The number of hydrogen-bond donors (Lipinski definition) is 0. The molecule has 1 aliphatic heterocycles. The standard InChI is InChI=1S/C25H26N2O4S/c1-18-12-13-19-8-4-5-9-22(19)27(18)25(28)20-14-16-21(17-15-20)32(29,30)26(2)23-10-6-7-11-24(23)31-3/h4-11,14-18H,12-13H2,1-3H3. The molecule has 0 saturated heterocycles. The highest BCUT2D eigenvalue weighted by Gasteiger charge is 2.29. The molecule has 0 N–H and O–H groups in total. The molecule has 1 atom stereocenters. The van der Waals surface area contributed by atoms with E-state index in [2.05, 4.69) is 0 Å². The zero-order valence-corrected chi connectivity index (χ0v) is 19.2. The smallest absolute Gasteiger partial charge is 0.264 e. The van der Waals surface area contributed by atoms with E-state index in [-0.39, 0.29) is 16.8 Å². The Morgan fingerprint density at radius 1 is 1.00 bits per heavy atom. The first-order valence-electron chi connectivity index (χ1n) is 10.5. The van der Waals surface area contributed by atoms with Crippen molar-refractivity contribution in [1.29, 1.82) is 0 Å². The Kier molecular flexibility index (Phi) is 5.93. The van der Waals surface area contributed by atoms with E-state index in [4.69, 9.17) is 4.74 Å². The molecule has 0 saturated carbocycles. The van der Waals surface area contributed by atoms with Crippen LogP contribution in [-0.2, 0) is 16.4 Å². The third kappa shape index (κ3) is 3.84. The highest BCUT2D eigenvalue weighted by atomic mass is 32.2. The fourth-order valence-electron chi connectivity index (χ4n) is 4.08. The molecule has 0 fully saturated rings. The molecule has 1 unspecified atom stereocenters. The normalized spacial score (nSPS) is 15.7. The summed E-state index contributed by atoms with van der Waals surface area (Å²) in [7, 11) is -0.839. The number of hydrogen-bond acceptors (Lipinski definition) is 4. The number of aryl methyl sites for hydroxylation is 1. The van der Waals surface area contributed by atoms with Crippen molar-refractivity contribution in [2.24, 2.45) is 0 Å². The zero-order chi connectivity index (χ0) is 22.9. The van der Waals surface area contributed by atoms with Crippen LogP contribution in [0.15, 0.2) is 77.7 Å². The molecule has 0 aromatic heterocycles. The second-order valence-electron chi connectivity index (χ2n) is 7.86. The second-order valence-corrected chi connectivity index (χ2v) is 9.83. The molecule has 1 aliphatic rings. The fourth-order valence-corrected chi connectivity index (χ4v) is 5.29. The Labute approximate surface area is 189 Å². The fraction of sp³-hybridized carbons (Fsp3) is 0.240. The molecule has 3 aromatic carbocycles. The van der Waals surface area contributed by atoms with E-state index >= 15 is 0 Å². The minimum atomic E-state index is -3.82. The van der Waals surface area contributed by atoms with Gasteiger partial charge in [-0.3, -0.25) is 9.10 Å². The highest BCUT2D eigenvalue weighted by molar-refractivity contribution is 7.92. The van der Waals surface area contributed by atoms with E-state index in [0.29, 0.717) is 17.0 Å². The average Bonchev–Trinajstić information content (AvgIpc) is 2.83. The Morgan fingerprint density at radius 2 is 1.66 bits per heavy atom. The third-order valence-electron chi connectivity index (χ3n) is 5.93. The number of fused-ring (bicyclic) bond motifs is 1. The van der Waals surface area contributed by atoms with Gasteiger partial charge in [-0.25, -0.2) is 8.42 Å². The van der Waals surface area contributed by atoms with Gasteiger partial charge in [0.05, 0.1) is 17.7 Å². The number of ether oxygens (including phenoxy) is 1. The minimum Gasteiger partial charge on any atom is -0.495 e. The van der Waals surface area contributed by atoms with E-state index in [1.165, 1.54) is 30.6 Å². The number of rotatable bonds is 5. The molecular formula is C25H26N2O4S. The molecular weight excluding hydrogens is 424 g/mol. The summed E-state index contributed by atoms with van der Waals surface area (Å²) in [5.41, 5.74) is 2.96. The maximum absolute atomic E-state index is 13.3. The van der Waals surface area contributed by atoms with Crippen molar-refractivity contribution in [2.75, 3.05) is 23.4 Å². The van der Waals surface area contributed by atoms with Crippen molar-refractivity contribution in [3.63, 3.8) is 0 Å². The number of carbonyl (C=O) groups is 1. The van der Waals surface area contributed by atoms with Gasteiger partial charge in [0, 0.05) is 24.3 Å². The topological polar surface area (TPSA) is 66.9 Å². The lowest BCUT2D eigenvalue weighted by molar-refractivity contribution is 0.0975. The summed E-state index contributed by atoms with van der Waals surface area (Å²) in [6.07, 6.45) is 1.83. The van der Waals surface area contributed by atoms with Crippen LogP contribution >= 0.6 is 0 Å². The summed E-state index contributed by atoms with van der Waals surface area (Å²) < 4.78 is 32.8. The molecule has 4 rings (SSSR count). The maximum Gasteiger partial charge on any atom is 0.264 e. The molecule has 0 radical (unpaired) electrons. The summed E-state index contributed by atoms with van der Waals surface area (Å²) in [6.45, 7) is 2.04. The van der Waals surface area contributed by atoms with Gasteiger partial charge in [-0.15, -0.1) is 0 Å². The maximum atomic E-state index is 13.3. The second kappa shape index (κ2) is 8.67. The van der Waals surface area contributed by atoms with Gasteiger partial charge in [0.15, 0.2) is 0 Å². The van der Waals surface area contributed by atoms with E-state index in [1.54, 1.807) is 36.4 Å². The molecule has 1 amide bonds. The average molecular weight is 451 g/mol. The molecule has 1 heterocycles. The van der Waals surface area contributed by atoms with Gasteiger partial charge < -0.3 is 9.64 Å². The lowest BCUT2D eigenvalue weighted by Gasteiger charge is -2.35. The summed E-state index contributed by atoms with van der Waals surface area (Å²) in [6, 6.07) is 21.0. The third-order valence-corrected chi connectivity index (χ3v) is 7.71. The van der Waals surface area contributed by atoms with Gasteiger partial charge in [0.25, 0.3) is 15.9 Å². The van der Waals surface area contributed by atoms with Crippen LogP contribution in [0.4, 0.5) is 11.4 Å². The predicted octanol–water partition coefficient (Wildman–Crippen LogP) is 4.50. The molecule has 166 valence electrons. The first-order valence-corrected chi connectivity index (χ1v) is 11.9. The lowest BCUT2D eigenvalue weighted by atomic mass is 9.96. The van der Waals surface area contributed by atoms with Crippen molar-refractivity contribution in [1.82, 2.24) is 0 Å². The van der Waals surface area contributed by atoms with Crippen molar-refractivity contribution < 1.29 is 17.9 Å². The number of carbonyl (C=O) groups excluding carboxylic acids is 1. The number of benzene rings is 3. The van der Waals surface area contributed by atoms with Crippen molar-refractivity contribution >= 4 is 27.3 Å². The van der Waals surface area contributed by atoms with E-state index < -0.39 is 10.0 Å². The number of para-hydroxylation sites is 3. The van der Waals surface area contributed by atoms with Gasteiger partial charge in [-0.1, -0.05) is 30.3 Å². The first kappa shape index (κ1) is 21.9. The van der Waals surface area contributed by atoms with E-state index in [0.717, 1.165) is 24.1 Å². The molecule has 32 heavy (non-hydrogen) atoms. The van der Waals surface area contributed by atoms with Gasteiger partial charge in [0.2, 0.25) is 0 Å². The molecule has 0 bridgehead atoms. The van der Waals surface area contributed by atoms with Gasteiger partial charge in [-0.2, -0.15) is 0 Å². The summed E-state index contributed by atoms with van der Waals surface area (Å²) in [5.74, 6) is 0.329.